The molecule has 3 rings (SSSR count). The minimum absolute atomic E-state index is 0.0461. The topological polar surface area (TPSA) is 49.9 Å². The Morgan fingerprint density at radius 3 is 2.73 bits per heavy atom. The van der Waals surface area contributed by atoms with E-state index in [9.17, 15) is 14.0 Å². The summed E-state index contributed by atoms with van der Waals surface area (Å²) >= 11 is 0. The normalized spacial score (nSPS) is 25.6. The predicted molar refractivity (Wildman–Crippen MR) is 77.4 cm³/mol. The number of hydrogen-bond donors (Lipinski definition) is 0. The van der Waals surface area contributed by atoms with Crippen LogP contribution in [0.3, 0.4) is 0 Å². The summed E-state index contributed by atoms with van der Waals surface area (Å²) in [6, 6.07) is 5.73. The second kappa shape index (κ2) is 6.04. The van der Waals surface area contributed by atoms with Crippen molar-refractivity contribution in [2.75, 3.05) is 33.4 Å². The average molecular weight is 306 g/mol. The first-order valence-corrected chi connectivity index (χ1v) is 7.45. The van der Waals surface area contributed by atoms with Crippen LogP contribution in [0.5, 0.6) is 0 Å². The van der Waals surface area contributed by atoms with Crippen molar-refractivity contribution >= 4 is 11.8 Å². The third-order valence-corrected chi connectivity index (χ3v) is 4.42. The number of morpholine rings is 1. The molecule has 0 saturated carbocycles. The van der Waals surface area contributed by atoms with E-state index in [1.165, 1.54) is 12.1 Å². The highest BCUT2D eigenvalue weighted by atomic mass is 19.1. The van der Waals surface area contributed by atoms with Gasteiger partial charge < -0.3 is 14.5 Å². The predicted octanol–water partition coefficient (Wildman–Crippen LogP) is 1.20. The molecule has 22 heavy (non-hydrogen) atoms. The lowest BCUT2D eigenvalue weighted by atomic mass is 9.92. The molecule has 2 aliphatic heterocycles. The zero-order valence-corrected chi connectivity index (χ0v) is 12.5. The van der Waals surface area contributed by atoms with Gasteiger partial charge in [-0.05, 0) is 17.7 Å². The number of halogens is 1. The van der Waals surface area contributed by atoms with E-state index in [-0.39, 0.29) is 24.1 Å². The molecule has 2 amide bonds. The van der Waals surface area contributed by atoms with Gasteiger partial charge in [-0.1, -0.05) is 12.1 Å². The van der Waals surface area contributed by atoms with E-state index in [1.807, 2.05) is 0 Å². The van der Waals surface area contributed by atoms with Gasteiger partial charge in [0, 0.05) is 26.6 Å². The Bertz CT molecular complexity index is 587. The number of rotatable bonds is 2. The zero-order chi connectivity index (χ0) is 15.7. The number of nitrogens with zero attached hydrogens (tertiary/aromatic N) is 2. The fourth-order valence-electron chi connectivity index (χ4n) is 3.26. The van der Waals surface area contributed by atoms with Gasteiger partial charge in [-0.2, -0.15) is 0 Å². The number of hydrogen-bond acceptors (Lipinski definition) is 3. The van der Waals surface area contributed by atoms with Crippen LogP contribution in [0.4, 0.5) is 4.39 Å². The van der Waals surface area contributed by atoms with Crippen molar-refractivity contribution in [2.45, 2.75) is 12.5 Å². The van der Waals surface area contributed by atoms with E-state index < -0.39 is 12.0 Å². The summed E-state index contributed by atoms with van der Waals surface area (Å²) in [6.45, 7) is 2.13. The van der Waals surface area contributed by atoms with E-state index in [4.69, 9.17) is 4.74 Å². The summed E-state index contributed by atoms with van der Waals surface area (Å²) in [5, 5.41) is 0. The van der Waals surface area contributed by atoms with Crippen LogP contribution in [0.15, 0.2) is 24.3 Å². The highest BCUT2D eigenvalue weighted by Gasteiger charge is 2.44. The van der Waals surface area contributed by atoms with Crippen molar-refractivity contribution < 1.29 is 18.7 Å². The Labute approximate surface area is 128 Å². The van der Waals surface area contributed by atoms with Crippen LogP contribution in [0.1, 0.15) is 18.0 Å². The van der Waals surface area contributed by atoms with Gasteiger partial charge in [0.15, 0.2) is 0 Å². The van der Waals surface area contributed by atoms with Crippen LogP contribution >= 0.6 is 0 Å². The van der Waals surface area contributed by atoms with E-state index >= 15 is 0 Å². The molecule has 1 aromatic rings. The lowest BCUT2D eigenvalue weighted by molar-refractivity contribution is -0.140. The molecule has 2 aliphatic rings. The van der Waals surface area contributed by atoms with E-state index in [1.54, 1.807) is 29.0 Å². The van der Waals surface area contributed by atoms with Crippen molar-refractivity contribution in [3.63, 3.8) is 0 Å². The van der Waals surface area contributed by atoms with Crippen LogP contribution < -0.4 is 0 Å². The molecular formula is C16H19FN2O3. The molecule has 2 saturated heterocycles. The maximum absolute atomic E-state index is 13.5. The monoisotopic (exact) mass is 306 g/mol. The minimum Gasteiger partial charge on any atom is -0.378 e. The molecule has 0 spiro atoms. The lowest BCUT2D eigenvalue weighted by Gasteiger charge is -2.32. The Balaban J connectivity index is 1.87. The van der Waals surface area contributed by atoms with E-state index in [2.05, 4.69) is 0 Å². The van der Waals surface area contributed by atoms with Crippen LogP contribution in [-0.2, 0) is 14.3 Å². The van der Waals surface area contributed by atoms with Gasteiger partial charge in [-0.3, -0.25) is 9.59 Å². The first-order chi connectivity index (χ1) is 10.6. The molecule has 2 heterocycles. The van der Waals surface area contributed by atoms with Crippen LogP contribution in [0, 0.1) is 11.7 Å². The van der Waals surface area contributed by atoms with Crippen molar-refractivity contribution in [1.29, 1.82) is 0 Å². The molecule has 0 unspecified atom stereocenters. The summed E-state index contributed by atoms with van der Waals surface area (Å²) in [5.74, 6) is -0.948. The Morgan fingerprint density at radius 2 is 2.05 bits per heavy atom. The smallest absolute Gasteiger partial charge is 0.228 e. The minimum atomic E-state index is -0.461. The highest BCUT2D eigenvalue weighted by Crippen LogP contribution is 2.38. The lowest BCUT2D eigenvalue weighted by Crippen LogP contribution is -2.44. The van der Waals surface area contributed by atoms with Gasteiger partial charge in [-0.25, -0.2) is 4.39 Å². The quantitative estimate of drug-likeness (QED) is 0.825. The second-order valence-electron chi connectivity index (χ2n) is 5.75. The largest absolute Gasteiger partial charge is 0.378 e. The number of carbonyl (C=O) groups is 2. The molecule has 0 aliphatic carbocycles. The zero-order valence-electron chi connectivity index (χ0n) is 12.5. The van der Waals surface area contributed by atoms with Gasteiger partial charge in [0.2, 0.25) is 11.8 Å². The molecular weight excluding hydrogens is 287 g/mol. The third kappa shape index (κ3) is 2.70. The molecule has 0 bridgehead atoms. The van der Waals surface area contributed by atoms with Gasteiger partial charge in [0.25, 0.3) is 0 Å². The molecule has 118 valence electrons. The third-order valence-electron chi connectivity index (χ3n) is 4.42. The number of carbonyl (C=O) groups excluding carboxylic acids is 2. The maximum Gasteiger partial charge on any atom is 0.228 e. The first-order valence-electron chi connectivity index (χ1n) is 7.45. The molecule has 5 nitrogen and oxygen atoms in total. The number of benzene rings is 1. The Hall–Kier alpha value is -1.95. The summed E-state index contributed by atoms with van der Waals surface area (Å²) in [5.41, 5.74) is 0.667. The van der Waals surface area contributed by atoms with Gasteiger partial charge in [0.1, 0.15) is 5.82 Å². The average Bonchev–Trinajstić information content (AvgIpc) is 2.83. The molecule has 0 N–H and O–H groups in total. The SMILES string of the molecule is CN1C(=O)C[C@@H](C(=O)N2CCOCC2)[C@H]1c1cccc(F)c1. The van der Waals surface area contributed by atoms with Crippen LogP contribution in [0.25, 0.3) is 0 Å². The van der Waals surface area contributed by atoms with Crippen LogP contribution in [0.2, 0.25) is 0 Å². The van der Waals surface area contributed by atoms with Gasteiger partial charge in [-0.15, -0.1) is 0 Å². The molecule has 0 radical (unpaired) electrons. The maximum atomic E-state index is 13.5. The first kappa shape index (κ1) is 15.0. The number of ether oxygens (including phenoxy) is 1. The highest BCUT2D eigenvalue weighted by molar-refractivity contribution is 5.90. The summed E-state index contributed by atoms with van der Waals surface area (Å²) in [6.07, 6.45) is 0.174. The van der Waals surface area contributed by atoms with Crippen LogP contribution in [-0.4, -0.2) is 55.0 Å². The van der Waals surface area contributed by atoms with E-state index in [0.717, 1.165) is 0 Å². The Kier molecular flexibility index (Phi) is 4.11. The summed E-state index contributed by atoms with van der Waals surface area (Å²) in [4.78, 5) is 28.1. The van der Waals surface area contributed by atoms with Crippen molar-refractivity contribution in [3.8, 4) is 0 Å². The second-order valence-corrected chi connectivity index (χ2v) is 5.75. The molecule has 6 heteroatoms. The van der Waals surface area contributed by atoms with Gasteiger partial charge in [0.05, 0.1) is 25.2 Å². The summed E-state index contributed by atoms with van der Waals surface area (Å²) < 4.78 is 18.8. The number of amides is 2. The molecule has 1 aromatic carbocycles. The summed E-state index contributed by atoms with van der Waals surface area (Å²) in [7, 11) is 1.67. The fourth-order valence-corrected chi connectivity index (χ4v) is 3.26. The van der Waals surface area contributed by atoms with Crippen molar-refractivity contribution in [2.24, 2.45) is 5.92 Å². The Morgan fingerprint density at radius 1 is 1.32 bits per heavy atom. The number of likely N-dealkylation sites (tertiary alicyclic amines) is 1. The molecule has 2 atom stereocenters. The van der Waals surface area contributed by atoms with Crippen molar-refractivity contribution in [1.82, 2.24) is 9.80 Å². The molecule has 0 aromatic heterocycles. The van der Waals surface area contributed by atoms with Crippen molar-refractivity contribution in [3.05, 3.63) is 35.6 Å². The fraction of sp³-hybridized carbons (Fsp3) is 0.500. The van der Waals surface area contributed by atoms with E-state index in [0.29, 0.717) is 31.9 Å². The standard InChI is InChI=1S/C16H19FN2O3/c1-18-14(20)10-13(16(21)19-5-7-22-8-6-19)15(18)11-3-2-4-12(17)9-11/h2-4,9,13,15H,5-8,10H2,1H3/t13-,15-/m1/s1. The van der Waals surface area contributed by atoms with Gasteiger partial charge >= 0.3 is 0 Å². The molecule has 2 fully saturated rings.